The topological polar surface area (TPSA) is 37.8 Å². The van der Waals surface area contributed by atoms with E-state index in [0.717, 1.165) is 30.7 Å². The number of rotatable bonds is 4. The predicted molar refractivity (Wildman–Crippen MR) is 85.6 cm³/mol. The predicted octanol–water partition coefficient (Wildman–Crippen LogP) is 4.75. The largest absolute Gasteiger partial charge is 0.416 e. The highest BCUT2D eigenvalue weighted by molar-refractivity contribution is 5.55. The summed E-state index contributed by atoms with van der Waals surface area (Å²) in [6.07, 6.45) is 3.27. The fourth-order valence-corrected chi connectivity index (χ4v) is 2.81. The number of hydrogen-bond donors (Lipinski definition) is 1. The molecule has 1 aliphatic rings. The van der Waals surface area contributed by atoms with Gasteiger partial charge in [-0.25, -0.2) is 9.97 Å². The molecule has 1 saturated carbocycles. The first-order chi connectivity index (χ1) is 11.5. The molecule has 127 valence electrons. The van der Waals surface area contributed by atoms with E-state index < -0.39 is 11.7 Å². The minimum Gasteiger partial charge on any atom is -0.304 e. The van der Waals surface area contributed by atoms with Crippen molar-refractivity contribution >= 4 is 0 Å². The molecular weight excluding hydrogens is 315 g/mol. The molecule has 0 spiro atoms. The second-order valence-corrected chi connectivity index (χ2v) is 5.96. The third-order valence-corrected chi connectivity index (χ3v) is 4.16. The van der Waals surface area contributed by atoms with Gasteiger partial charge in [-0.15, -0.1) is 0 Å². The van der Waals surface area contributed by atoms with Crippen LogP contribution in [0.3, 0.4) is 0 Å². The van der Waals surface area contributed by atoms with E-state index in [1.165, 1.54) is 37.4 Å². The molecule has 0 amide bonds. The summed E-state index contributed by atoms with van der Waals surface area (Å²) in [6.45, 7) is 0.617. The van der Waals surface area contributed by atoms with Crippen LogP contribution in [0.25, 0.3) is 11.4 Å². The van der Waals surface area contributed by atoms with Crippen LogP contribution in [0, 0.1) is 6.04 Å². The summed E-state index contributed by atoms with van der Waals surface area (Å²) in [5.74, 6) is 0.441. The number of alkyl halides is 3. The Bertz CT molecular complexity index is 662. The van der Waals surface area contributed by atoms with Crippen LogP contribution in [-0.4, -0.2) is 9.97 Å². The molecular formula is C18H19F3N3. The van der Waals surface area contributed by atoms with Crippen LogP contribution in [0.15, 0.2) is 36.5 Å². The Morgan fingerprint density at radius 1 is 0.958 bits per heavy atom. The van der Waals surface area contributed by atoms with Crippen LogP contribution >= 0.6 is 0 Å². The van der Waals surface area contributed by atoms with E-state index in [4.69, 9.17) is 0 Å². The summed E-state index contributed by atoms with van der Waals surface area (Å²) in [5.41, 5.74) is 0.742. The average Bonchev–Trinajstić information content (AvgIpc) is 2.60. The molecule has 1 N–H and O–H groups in total. The highest BCUT2D eigenvalue weighted by Gasteiger charge is 2.30. The highest BCUT2D eigenvalue weighted by atomic mass is 19.4. The Hall–Kier alpha value is -1.95. The molecule has 1 radical (unpaired) electrons. The van der Waals surface area contributed by atoms with Crippen LogP contribution < -0.4 is 5.32 Å². The van der Waals surface area contributed by atoms with E-state index in [2.05, 4.69) is 15.3 Å². The van der Waals surface area contributed by atoms with Crippen molar-refractivity contribution in [2.75, 3.05) is 0 Å². The lowest BCUT2D eigenvalue weighted by molar-refractivity contribution is -0.137. The fourth-order valence-electron chi connectivity index (χ4n) is 2.81. The van der Waals surface area contributed by atoms with E-state index in [9.17, 15) is 13.2 Å². The maximum Gasteiger partial charge on any atom is 0.416 e. The fraction of sp³-hybridized carbons (Fsp3) is 0.389. The molecule has 0 aliphatic heterocycles. The first kappa shape index (κ1) is 16.9. The monoisotopic (exact) mass is 334 g/mol. The zero-order valence-corrected chi connectivity index (χ0v) is 13.2. The van der Waals surface area contributed by atoms with Gasteiger partial charge in [0, 0.05) is 24.3 Å². The lowest BCUT2D eigenvalue weighted by atomic mass is 9.95. The van der Waals surface area contributed by atoms with E-state index in [-0.39, 0.29) is 0 Å². The Kier molecular flexibility index (Phi) is 5.14. The van der Waals surface area contributed by atoms with Crippen molar-refractivity contribution < 1.29 is 13.2 Å². The van der Waals surface area contributed by atoms with Gasteiger partial charge in [-0.05, 0) is 31.0 Å². The molecule has 1 fully saturated rings. The summed E-state index contributed by atoms with van der Waals surface area (Å²) >= 11 is 0. The second kappa shape index (κ2) is 7.30. The van der Waals surface area contributed by atoms with Gasteiger partial charge in [-0.2, -0.15) is 13.2 Å². The molecule has 0 saturated heterocycles. The van der Waals surface area contributed by atoms with Crippen molar-refractivity contribution in [3.05, 3.63) is 53.8 Å². The van der Waals surface area contributed by atoms with Crippen molar-refractivity contribution in [1.29, 1.82) is 0 Å². The SMILES string of the molecule is FC(F)(F)c1ccc(-c2nccc(CN[C]3CCCCC3)n2)cc1. The normalized spacial score (nSPS) is 16.3. The van der Waals surface area contributed by atoms with Crippen molar-refractivity contribution in [3.63, 3.8) is 0 Å². The van der Waals surface area contributed by atoms with E-state index in [1.54, 1.807) is 6.20 Å². The summed E-state index contributed by atoms with van der Waals surface area (Å²) in [7, 11) is 0. The quantitative estimate of drug-likeness (QED) is 0.877. The average molecular weight is 334 g/mol. The van der Waals surface area contributed by atoms with Crippen molar-refractivity contribution in [1.82, 2.24) is 15.3 Å². The molecule has 1 aromatic carbocycles. The molecule has 1 heterocycles. The smallest absolute Gasteiger partial charge is 0.304 e. The molecule has 3 nitrogen and oxygen atoms in total. The van der Waals surface area contributed by atoms with Crippen LogP contribution in [-0.2, 0) is 12.7 Å². The number of hydrogen-bond acceptors (Lipinski definition) is 3. The molecule has 3 rings (SSSR count). The summed E-state index contributed by atoms with van der Waals surface area (Å²) in [4.78, 5) is 8.62. The van der Waals surface area contributed by atoms with E-state index in [0.29, 0.717) is 17.9 Å². The zero-order chi connectivity index (χ0) is 17.0. The van der Waals surface area contributed by atoms with Gasteiger partial charge in [0.2, 0.25) is 0 Å². The Morgan fingerprint density at radius 2 is 1.67 bits per heavy atom. The molecule has 0 unspecified atom stereocenters. The maximum atomic E-state index is 12.6. The van der Waals surface area contributed by atoms with E-state index >= 15 is 0 Å². The number of aromatic nitrogens is 2. The maximum absolute atomic E-state index is 12.6. The van der Waals surface area contributed by atoms with Gasteiger partial charge in [-0.3, -0.25) is 0 Å². The Balaban J connectivity index is 1.68. The zero-order valence-electron chi connectivity index (χ0n) is 13.2. The Labute approximate surface area is 139 Å². The number of nitrogens with one attached hydrogen (secondary N) is 1. The molecule has 0 atom stereocenters. The summed E-state index contributed by atoms with van der Waals surface area (Å²) in [6, 6.07) is 8.11. The molecule has 6 heteroatoms. The van der Waals surface area contributed by atoms with Crippen molar-refractivity contribution in [3.8, 4) is 11.4 Å². The number of benzene rings is 1. The van der Waals surface area contributed by atoms with Gasteiger partial charge < -0.3 is 5.32 Å². The molecule has 0 bridgehead atoms. The Morgan fingerprint density at radius 3 is 2.33 bits per heavy atom. The highest BCUT2D eigenvalue weighted by Crippen LogP contribution is 2.30. The molecule has 1 aromatic heterocycles. The van der Waals surface area contributed by atoms with Gasteiger partial charge in [0.25, 0.3) is 0 Å². The first-order valence-electron chi connectivity index (χ1n) is 8.10. The number of nitrogens with zero attached hydrogens (tertiary/aromatic N) is 2. The minimum absolute atomic E-state index is 0.441. The van der Waals surface area contributed by atoms with Gasteiger partial charge in [0.05, 0.1) is 11.3 Å². The second-order valence-electron chi connectivity index (χ2n) is 5.96. The van der Waals surface area contributed by atoms with Crippen LogP contribution in [0.2, 0.25) is 0 Å². The number of halogens is 3. The van der Waals surface area contributed by atoms with Gasteiger partial charge >= 0.3 is 6.18 Å². The van der Waals surface area contributed by atoms with Crippen molar-refractivity contribution in [2.45, 2.75) is 44.8 Å². The van der Waals surface area contributed by atoms with E-state index in [1.807, 2.05) is 6.07 Å². The third-order valence-electron chi connectivity index (χ3n) is 4.16. The van der Waals surface area contributed by atoms with Gasteiger partial charge in [-0.1, -0.05) is 31.4 Å². The van der Waals surface area contributed by atoms with Gasteiger partial charge in [0.15, 0.2) is 5.82 Å². The minimum atomic E-state index is -4.33. The van der Waals surface area contributed by atoms with Gasteiger partial charge in [0.1, 0.15) is 0 Å². The molecule has 24 heavy (non-hydrogen) atoms. The third kappa shape index (κ3) is 4.32. The standard InChI is InChI=1S/C18H19F3N3/c19-18(20,21)14-8-6-13(7-9-14)17-22-11-10-16(24-17)12-23-15-4-2-1-3-5-15/h6-11,23H,1-5,12H2. The summed E-state index contributed by atoms with van der Waals surface area (Å²) < 4.78 is 37.9. The summed E-state index contributed by atoms with van der Waals surface area (Å²) in [5, 5.41) is 3.42. The lowest BCUT2D eigenvalue weighted by Crippen LogP contribution is -2.23. The van der Waals surface area contributed by atoms with Crippen LogP contribution in [0.4, 0.5) is 13.2 Å². The van der Waals surface area contributed by atoms with Crippen molar-refractivity contribution in [2.24, 2.45) is 0 Å². The van der Waals surface area contributed by atoms with Crippen LogP contribution in [0.5, 0.6) is 0 Å². The molecule has 1 aliphatic carbocycles. The van der Waals surface area contributed by atoms with Crippen LogP contribution in [0.1, 0.15) is 43.4 Å². The first-order valence-corrected chi connectivity index (χ1v) is 8.10. The lowest BCUT2D eigenvalue weighted by Gasteiger charge is -2.21. The molecule has 2 aromatic rings.